The van der Waals surface area contributed by atoms with Gasteiger partial charge in [-0.2, -0.15) is 0 Å². The van der Waals surface area contributed by atoms with E-state index in [1.165, 1.54) is 11.8 Å². The topological polar surface area (TPSA) is 76.0 Å². The number of nitrogens with zero attached hydrogens (tertiary/aromatic N) is 2. The minimum atomic E-state index is -1.32. The fourth-order valence-electron chi connectivity index (χ4n) is 3.63. The van der Waals surface area contributed by atoms with Crippen LogP contribution in [0.4, 0.5) is 11.6 Å². The van der Waals surface area contributed by atoms with E-state index in [0.29, 0.717) is 12.5 Å². The molecule has 0 saturated heterocycles. The van der Waals surface area contributed by atoms with Gasteiger partial charge in [0.25, 0.3) is 5.91 Å². The molecule has 0 fully saturated rings. The SMILES string of the molecule is CC1(C(=O)Nc2nc3ccccc3n2Cc2ccccc2)Sc2ccccc2NC1=O. The number of benzene rings is 3. The monoisotopic (exact) mass is 428 g/mol. The highest BCUT2D eigenvalue weighted by Gasteiger charge is 2.46. The molecule has 2 heterocycles. The highest BCUT2D eigenvalue weighted by molar-refractivity contribution is 8.02. The van der Waals surface area contributed by atoms with E-state index in [2.05, 4.69) is 15.6 Å². The molecule has 0 spiro atoms. The van der Waals surface area contributed by atoms with E-state index in [1.54, 1.807) is 6.92 Å². The van der Waals surface area contributed by atoms with Crippen LogP contribution in [0.5, 0.6) is 0 Å². The highest BCUT2D eigenvalue weighted by atomic mass is 32.2. The molecule has 1 atom stereocenters. The minimum absolute atomic E-state index is 0.348. The van der Waals surface area contributed by atoms with Gasteiger partial charge in [0.2, 0.25) is 11.9 Å². The second-order valence-electron chi connectivity index (χ2n) is 7.54. The average molecular weight is 429 g/mol. The molecule has 1 aliphatic rings. The van der Waals surface area contributed by atoms with Crippen molar-refractivity contribution < 1.29 is 9.59 Å². The van der Waals surface area contributed by atoms with Gasteiger partial charge in [-0.05, 0) is 36.8 Å². The Hall–Kier alpha value is -3.58. The number of carbonyl (C=O) groups is 2. The number of hydrogen-bond donors (Lipinski definition) is 2. The Morgan fingerprint density at radius 2 is 1.74 bits per heavy atom. The normalized spacial score (nSPS) is 17.8. The van der Waals surface area contributed by atoms with Crippen molar-refractivity contribution in [2.75, 3.05) is 10.6 Å². The number of anilines is 2. The highest BCUT2D eigenvalue weighted by Crippen LogP contribution is 2.42. The summed E-state index contributed by atoms with van der Waals surface area (Å²) in [6.45, 7) is 2.19. The number of thioether (sulfide) groups is 1. The summed E-state index contributed by atoms with van der Waals surface area (Å²) in [5.41, 5.74) is 3.51. The van der Waals surface area contributed by atoms with Crippen molar-refractivity contribution in [3.05, 3.63) is 84.4 Å². The average Bonchev–Trinajstić information content (AvgIpc) is 3.12. The van der Waals surface area contributed by atoms with Gasteiger partial charge in [-0.15, -0.1) is 0 Å². The zero-order valence-electron chi connectivity index (χ0n) is 16.8. The van der Waals surface area contributed by atoms with Crippen LogP contribution >= 0.6 is 11.8 Å². The Labute approximate surface area is 183 Å². The summed E-state index contributed by atoms with van der Waals surface area (Å²) < 4.78 is 0.648. The van der Waals surface area contributed by atoms with Gasteiger partial charge in [0.15, 0.2) is 4.75 Å². The molecule has 31 heavy (non-hydrogen) atoms. The second kappa shape index (κ2) is 7.59. The summed E-state index contributed by atoms with van der Waals surface area (Å²) >= 11 is 1.25. The molecular formula is C24H20N4O2S. The molecule has 4 aromatic rings. The Morgan fingerprint density at radius 3 is 2.58 bits per heavy atom. The maximum atomic E-state index is 13.3. The summed E-state index contributed by atoms with van der Waals surface area (Å²) in [5, 5.41) is 5.77. The van der Waals surface area contributed by atoms with Crippen molar-refractivity contribution in [1.29, 1.82) is 0 Å². The fourth-order valence-corrected chi connectivity index (χ4v) is 4.74. The lowest BCUT2D eigenvalue weighted by atomic mass is 10.1. The summed E-state index contributed by atoms with van der Waals surface area (Å²) in [4.78, 5) is 31.7. The number of para-hydroxylation sites is 3. The smallest absolute Gasteiger partial charge is 0.252 e. The number of fused-ring (bicyclic) bond motifs is 2. The van der Waals surface area contributed by atoms with Crippen molar-refractivity contribution in [3.8, 4) is 0 Å². The number of imidazole rings is 1. The van der Waals surface area contributed by atoms with E-state index in [-0.39, 0.29) is 5.91 Å². The minimum Gasteiger partial charge on any atom is -0.323 e. The van der Waals surface area contributed by atoms with Crippen LogP contribution < -0.4 is 10.6 Å². The first kappa shape index (κ1) is 19.4. The van der Waals surface area contributed by atoms with Crippen molar-refractivity contribution >= 4 is 46.2 Å². The molecule has 6 nitrogen and oxygen atoms in total. The molecule has 2 amide bonds. The van der Waals surface area contributed by atoms with Gasteiger partial charge in [0.1, 0.15) is 0 Å². The second-order valence-corrected chi connectivity index (χ2v) is 9.00. The number of hydrogen-bond acceptors (Lipinski definition) is 4. The quantitative estimate of drug-likeness (QED) is 0.469. The van der Waals surface area contributed by atoms with Gasteiger partial charge in [0, 0.05) is 4.90 Å². The van der Waals surface area contributed by atoms with Crippen LogP contribution in [-0.2, 0) is 16.1 Å². The number of nitrogens with one attached hydrogen (secondary N) is 2. The van der Waals surface area contributed by atoms with Crippen LogP contribution in [0.3, 0.4) is 0 Å². The van der Waals surface area contributed by atoms with Gasteiger partial charge in [-0.1, -0.05) is 66.4 Å². The Bertz CT molecular complexity index is 1300. The number of rotatable bonds is 4. The number of amides is 2. The van der Waals surface area contributed by atoms with Gasteiger partial charge in [-0.25, -0.2) is 4.98 Å². The molecule has 1 aromatic heterocycles. The summed E-state index contributed by atoms with van der Waals surface area (Å²) in [5.74, 6) is -0.336. The summed E-state index contributed by atoms with van der Waals surface area (Å²) in [7, 11) is 0. The standard InChI is InChI=1S/C24H20N4O2S/c1-24(21(29)25-18-12-6-8-14-20(18)31-24)22(30)27-23-26-17-11-5-7-13-19(17)28(23)15-16-9-3-2-4-10-16/h2-14H,15H2,1H3,(H,25,29)(H,26,27,30). The third-order valence-corrected chi connectivity index (χ3v) is 6.73. The Morgan fingerprint density at radius 1 is 1.03 bits per heavy atom. The molecular weight excluding hydrogens is 408 g/mol. The van der Waals surface area contributed by atoms with Crippen LogP contribution in [-0.4, -0.2) is 26.1 Å². The zero-order chi connectivity index (χ0) is 21.4. The lowest BCUT2D eigenvalue weighted by Crippen LogP contribution is -2.49. The molecule has 3 aromatic carbocycles. The van der Waals surface area contributed by atoms with Crippen LogP contribution in [0.15, 0.2) is 83.8 Å². The molecule has 0 saturated carbocycles. The van der Waals surface area contributed by atoms with Gasteiger partial charge < -0.3 is 9.88 Å². The Balaban J connectivity index is 1.50. The van der Waals surface area contributed by atoms with Crippen molar-refractivity contribution in [2.24, 2.45) is 0 Å². The van der Waals surface area contributed by atoms with E-state index >= 15 is 0 Å². The molecule has 154 valence electrons. The maximum Gasteiger partial charge on any atom is 0.252 e. The molecule has 0 bridgehead atoms. The number of aromatic nitrogens is 2. The van der Waals surface area contributed by atoms with E-state index in [0.717, 1.165) is 27.2 Å². The first-order chi connectivity index (χ1) is 15.0. The molecule has 5 rings (SSSR count). The van der Waals surface area contributed by atoms with E-state index < -0.39 is 10.7 Å². The lowest BCUT2D eigenvalue weighted by Gasteiger charge is -2.31. The largest absolute Gasteiger partial charge is 0.323 e. The molecule has 1 unspecified atom stereocenters. The summed E-state index contributed by atoms with van der Waals surface area (Å²) in [6, 6.07) is 25.2. The fraction of sp³-hybridized carbons (Fsp3) is 0.125. The van der Waals surface area contributed by atoms with Crippen LogP contribution in [0, 0.1) is 0 Å². The molecule has 0 aliphatic carbocycles. The lowest BCUT2D eigenvalue weighted by molar-refractivity contribution is -0.126. The van der Waals surface area contributed by atoms with E-state index in [4.69, 9.17) is 0 Å². The molecule has 2 N–H and O–H groups in total. The van der Waals surface area contributed by atoms with Crippen LogP contribution in [0.1, 0.15) is 12.5 Å². The number of carbonyl (C=O) groups excluding carboxylic acids is 2. The van der Waals surface area contributed by atoms with Crippen LogP contribution in [0.2, 0.25) is 0 Å². The third-order valence-electron chi connectivity index (χ3n) is 5.38. The predicted molar refractivity (Wildman–Crippen MR) is 123 cm³/mol. The van der Waals surface area contributed by atoms with E-state index in [1.807, 2.05) is 83.4 Å². The zero-order valence-corrected chi connectivity index (χ0v) is 17.6. The van der Waals surface area contributed by atoms with Gasteiger partial charge in [-0.3, -0.25) is 14.9 Å². The molecule has 7 heteroatoms. The van der Waals surface area contributed by atoms with Crippen LogP contribution in [0.25, 0.3) is 11.0 Å². The third kappa shape index (κ3) is 3.47. The van der Waals surface area contributed by atoms with Crippen molar-refractivity contribution in [1.82, 2.24) is 9.55 Å². The summed E-state index contributed by atoms with van der Waals surface area (Å²) in [6.07, 6.45) is 0. The van der Waals surface area contributed by atoms with Gasteiger partial charge >= 0.3 is 0 Å². The van der Waals surface area contributed by atoms with Crippen molar-refractivity contribution in [3.63, 3.8) is 0 Å². The maximum absolute atomic E-state index is 13.3. The molecule has 0 radical (unpaired) electrons. The first-order valence-corrected chi connectivity index (χ1v) is 10.8. The van der Waals surface area contributed by atoms with E-state index in [9.17, 15) is 9.59 Å². The Kier molecular flexibility index (Phi) is 4.75. The molecule has 1 aliphatic heterocycles. The van der Waals surface area contributed by atoms with Crippen molar-refractivity contribution in [2.45, 2.75) is 23.1 Å². The predicted octanol–water partition coefficient (Wildman–Crippen LogP) is 4.53. The van der Waals surface area contributed by atoms with Gasteiger partial charge in [0.05, 0.1) is 23.3 Å². The first-order valence-electron chi connectivity index (χ1n) is 9.95.